The Bertz CT molecular complexity index is 291. The molecule has 0 amide bonds. The molecule has 3 nitrogen and oxygen atoms in total. The lowest BCUT2D eigenvalue weighted by Crippen LogP contribution is -2.14. The van der Waals surface area contributed by atoms with Crippen molar-refractivity contribution in [2.75, 3.05) is 6.61 Å². The van der Waals surface area contributed by atoms with E-state index < -0.39 is 6.04 Å². The van der Waals surface area contributed by atoms with Gasteiger partial charge in [0, 0.05) is 10.0 Å². The summed E-state index contributed by atoms with van der Waals surface area (Å²) in [5, 5.41) is 18.3. The maximum atomic E-state index is 9.46. The Hall–Kier alpha value is -0.580. The molecule has 0 aliphatic rings. The zero-order valence-corrected chi connectivity index (χ0v) is 8.87. The first-order chi connectivity index (χ1) is 6.06. The molecule has 0 aromatic heterocycles. The van der Waals surface area contributed by atoms with Crippen LogP contribution in [0.2, 0.25) is 0 Å². The highest BCUT2D eigenvalue weighted by atomic mass is 79.9. The van der Waals surface area contributed by atoms with Gasteiger partial charge in [-0.25, -0.2) is 0 Å². The molecule has 0 heterocycles. The van der Waals surface area contributed by atoms with E-state index in [2.05, 4.69) is 15.9 Å². The van der Waals surface area contributed by atoms with Gasteiger partial charge in [-0.15, -0.1) is 0 Å². The topological polar surface area (TPSA) is 66.5 Å². The molecule has 13 heavy (non-hydrogen) atoms. The van der Waals surface area contributed by atoms with Crippen LogP contribution in [0.4, 0.5) is 0 Å². The van der Waals surface area contributed by atoms with Gasteiger partial charge in [-0.2, -0.15) is 0 Å². The molecule has 72 valence electrons. The van der Waals surface area contributed by atoms with E-state index in [-0.39, 0.29) is 12.4 Å². The van der Waals surface area contributed by atoms with Crippen molar-refractivity contribution in [3.63, 3.8) is 0 Å². The van der Waals surface area contributed by atoms with Crippen molar-refractivity contribution in [3.05, 3.63) is 27.7 Å². The Morgan fingerprint density at radius 3 is 2.62 bits per heavy atom. The Labute approximate surface area is 85.3 Å². The largest absolute Gasteiger partial charge is 0.508 e. The van der Waals surface area contributed by atoms with E-state index in [4.69, 9.17) is 10.8 Å². The molecule has 0 radical (unpaired) electrons. The van der Waals surface area contributed by atoms with Crippen LogP contribution in [-0.2, 0) is 0 Å². The number of hydrogen-bond acceptors (Lipinski definition) is 3. The average Bonchev–Trinajstić information content (AvgIpc) is 2.12. The van der Waals surface area contributed by atoms with Crippen LogP contribution in [0.5, 0.6) is 5.75 Å². The summed E-state index contributed by atoms with van der Waals surface area (Å²) in [4.78, 5) is 0. The molecule has 0 fully saturated rings. The number of rotatable bonds is 2. The number of nitrogens with two attached hydrogens (primary N) is 1. The van der Waals surface area contributed by atoms with Gasteiger partial charge < -0.3 is 15.9 Å². The van der Waals surface area contributed by atoms with Crippen LogP contribution in [0.1, 0.15) is 17.2 Å². The average molecular weight is 246 g/mol. The summed E-state index contributed by atoms with van der Waals surface area (Å²) in [6.07, 6.45) is 0. The van der Waals surface area contributed by atoms with Crippen molar-refractivity contribution in [2.45, 2.75) is 13.0 Å². The van der Waals surface area contributed by atoms with Gasteiger partial charge in [0.05, 0.1) is 12.6 Å². The van der Waals surface area contributed by atoms with Crippen molar-refractivity contribution >= 4 is 15.9 Å². The van der Waals surface area contributed by atoms with Crippen molar-refractivity contribution < 1.29 is 10.2 Å². The first kappa shape index (κ1) is 10.5. The molecule has 0 aliphatic heterocycles. The molecule has 1 rings (SSSR count). The van der Waals surface area contributed by atoms with Crippen LogP contribution in [0.25, 0.3) is 0 Å². The maximum Gasteiger partial charge on any atom is 0.119 e. The summed E-state index contributed by atoms with van der Waals surface area (Å²) in [6, 6.07) is 2.93. The van der Waals surface area contributed by atoms with E-state index in [1.54, 1.807) is 19.1 Å². The Kier molecular flexibility index (Phi) is 3.30. The minimum absolute atomic E-state index is 0.130. The molecule has 1 aromatic rings. The SMILES string of the molecule is Cc1c(O)cc(C(N)CO)cc1Br. The standard InChI is InChI=1S/C9H12BrNO2/c1-5-7(10)2-6(3-9(5)13)8(11)4-12/h2-3,8,12-13H,4,11H2,1H3. The number of aliphatic hydroxyl groups excluding tert-OH is 1. The van der Waals surface area contributed by atoms with E-state index in [1.807, 2.05) is 0 Å². The van der Waals surface area contributed by atoms with Gasteiger partial charge in [-0.05, 0) is 24.6 Å². The smallest absolute Gasteiger partial charge is 0.119 e. The second-order valence-electron chi connectivity index (χ2n) is 2.94. The number of phenolic OH excluding ortho intramolecular Hbond substituents is 1. The lowest BCUT2D eigenvalue weighted by Gasteiger charge is -2.11. The number of benzene rings is 1. The summed E-state index contributed by atoms with van der Waals surface area (Å²) < 4.78 is 0.798. The number of hydrogen-bond donors (Lipinski definition) is 3. The fourth-order valence-corrected chi connectivity index (χ4v) is 1.47. The van der Waals surface area contributed by atoms with E-state index in [9.17, 15) is 5.11 Å². The van der Waals surface area contributed by atoms with Gasteiger partial charge in [-0.1, -0.05) is 15.9 Å². The maximum absolute atomic E-state index is 9.46. The molecule has 4 heteroatoms. The Balaban J connectivity index is 3.13. The monoisotopic (exact) mass is 245 g/mol. The number of halogens is 1. The Morgan fingerprint density at radius 2 is 2.15 bits per heavy atom. The molecule has 1 aromatic carbocycles. The second kappa shape index (κ2) is 4.09. The fraction of sp³-hybridized carbons (Fsp3) is 0.333. The highest BCUT2D eigenvalue weighted by Gasteiger charge is 2.09. The lowest BCUT2D eigenvalue weighted by molar-refractivity contribution is 0.267. The highest BCUT2D eigenvalue weighted by molar-refractivity contribution is 9.10. The van der Waals surface area contributed by atoms with Crippen LogP contribution in [0.3, 0.4) is 0 Å². The summed E-state index contributed by atoms with van der Waals surface area (Å²) in [6.45, 7) is 1.67. The molecule has 1 unspecified atom stereocenters. The molecule has 0 bridgehead atoms. The van der Waals surface area contributed by atoms with Crippen LogP contribution in [-0.4, -0.2) is 16.8 Å². The van der Waals surface area contributed by atoms with E-state index in [0.29, 0.717) is 0 Å². The van der Waals surface area contributed by atoms with E-state index in [1.165, 1.54) is 0 Å². The summed E-state index contributed by atoms with van der Waals surface area (Å²) in [5.74, 6) is 0.188. The first-order valence-corrected chi connectivity index (χ1v) is 4.71. The minimum Gasteiger partial charge on any atom is -0.508 e. The lowest BCUT2D eigenvalue weighted by atomic mass is 10.1. The van der Waals surface area contributed by atoms with Gasteiger partial charge in [-0.3, -0.25) is 0 Å². The summed E-state index contributed by atoms with van der Waals surface area (Å²) >= 11 is 3.30. The molecule has 0 aliphatic carbocycles. The number of phenols is 1. The van der Waals surface area contributed by atoms with Crippen molar-refractivity contribution in [3.8, 4) is 5.75 Å². The van der Waals surface area contributed by atoms with Gasteiger partial charge in [0.2, 0.25) is 0 Å². The van der Waals surface area contributed by atoms with Gasteiger partial charge in [0.15, 0.2) is 0 Å². The van der Waals surface area contributed by atoms with Crippen LogP contribution in [0, 0.1) is 6.92 Å². The van der Waals surface area contributed by atoms with Crippen LogP contribution < -0.4 is 5.73 Å². The number of aliphatic hydroxyl groups is 1. The summed E-state index contributed by atoms with van der Waals surface area (Å²) in [7, 11) is 0. The first-order valence-electron chi connectivity index (χ1n) is 3.91. The van der Waals surface area contributed by atoms with Crippen LogP contribution in [0.15, 0.2) is 16.6 Å². The van der Waals surface area contributed by atoms with Gasteiger partial charge in [0.1, 0.15) is 5.75 Å². The summed E-state index contributed by atoms with van der Waals surface area (Å²) in [5.41, 5.74) is 7.09. The highest BCUT2D eigenvalue weighted by Crippen LogP contribution is 2.28. The molecule has 4 N–H and O–H groups in total. The predicted octanol–water partition coefficient (Wildman–Crippen LogP) is 1.46. The van der Waals surface area contributed by atoms with Crippen molar-refractivity contribution in [2.24, 2.45) is 5.73 Å². The van der Waals surface area contributed by atoms with Crippen molar-refractivity contribution in [1.29, 1.82) is 0 Å². The minimum atomic E-state index is -0.442. The molecule has 0 saturated carbocycles. The van der Waals surface area contributed by atoms with Gasteiger partial charge >= 0.3 is 0 Å². The third-order valence-electron chi connectivity index (χ3n) is 1.96. The molecular weight excluding hydrogens is 234 g/mol. The Morgan fingerprint density at radius 1 is 1.54 bits per heavy atom. The van der Waals surface area contributed by atoms with Gasteiger partial charge in [0.25, 0.3) is 0 Å². The third-order valence-corrected chi connectivity index (χ3v) is 2.79. The van der Waals surface area contributed by atoms with Crippen LogP contribution >= 0.6 is 15.9 Å². The van der Waals surface area contributed by atoms with E-state index >= 15 is 0 Å². The molecule has 1 atom stereocenters. The second-order valence-corrected chi connectivity index (χ2v) is 3.79. The number of aromatic hydroxyl groups is 1. The molecule has 0 saturated heterocycles. The fourth-order valence-electron chi connectivity index (χ4n) is 1.00. The quantitative estimate of drug-likeness (QED) is 0.739. The van der Waals surface area contributed by atoms with Crippen molar-refractivity contribution in [1.82, 2.24) is 0 Å². The van der Waals surface area contributed by atoms with E-state index in [0.717, 1.165) is 15.6 Å². The molecule has 0 spiro atoms. The third kappa shape index (κ3) is 2.21. The zero-order chi connectivity index (χ0) is 10.0. The normalized spacial score (nSPS) is 12.9. The predicted molar refractivity (Wildman–Crippen MR) is 54.6 cm³/mol. The zero-order valence-electron chi connectivity index (χ0n) is 7.29. The molecular formula is C9H12BrNO2.